The molecule has 1 unspecified atom stereocenters. The van der Waals surface area contributed by atoms with E-state index in [1.807, 2.05) is 0 Å². The molecule has 1 aromatic carbocycles. The van der Waals surface area contributed by atoms with Crippen LogP contribution in [-0.2, 0) is 4.74 Å². The summed E-state index contributed by atoms with van der Waals surface area (Å²) >= 11 is 0. The number of methoxy groups -OCH3 is 1. The van der Waals surface area contributed by atoms with Crippen LogP contribution in [0.1, 0.15) is 13.8 Å². The van der Waals surface area contributed by atoms with Gasteiger partial charge >= 0.3 is 0 Å². The summed E-state index contributed by atoms with van der Waals surface area (Å²) in [6.45, 7) is 5.28. The zero-order valence-corrected chi connectivity index (χ0v) is 12.0. The van der Waals surface area contributed by atoms with Gasteiger partial charge in [0.2, 0.25) is 0 Å². The number of aliphatic imine (C=N–C) groups is 1. The number of nitrogens with two attached hydrogens (primary N) is 1. The van der Waals surface area contributed by atoms with Gasteiger partial charge in [-0.25, -0.2) is 9.38 Å². The summed E-state index contributed by atoms with van der Waals surface area (Å²) in [5, 5.41) is 0. The molecule has 1 aliphatic rings. The maximum Gasteiger partial charge on any atom is 0.282 e. The zero-order chi connectivity index (χ0) is 14.7. The molecule has 0 saturated heterocycles. The monoisotopic (exact) mass is 281 g/mol. The molecule has 1 aliphatic heterocycles. The Morgan fingerprint density at radius 2 is 2.30 bits per heavy atom. The van der Waals surface area contributed by atoms with Crippen LogP contribution in [-0.4, -0.2) is 38.4 Å². The Morgan fingerprint density at radius 1 is 1.55 bits per heavy atom. The van der Waals surface area contributed by atoms with Crippen LogP contribution >= 0.6 is 0 Å². The van der Waals surface area contributed by atoms with E-state index < -0.39 is 0 Å². The Hall–Kier alpha value is -1.98. The van der Waals surface area contributed by atoms with Crippen LogP contribution in [0.15, 0.2) is 23.2 Å². The number of hydrogen-bond donors (Lipinski definition) is 1. The molecule has 0 aromatic heterocycles. The average Bonchev–Trinajstić information content (AvgIpc) is 2.82. The fourth-order valence-corrected chi connectivity index (χ4v) is 2.20. The van der Waals surface area contributed by atoms with E-state index in [4.69, 9.17) is 15.2 Å². The number of benzene rings is 1. The Bertz CT molecular complexity index is 505. The van der Waals surface area contributed by atoms with Gasteiger partial charge in [-0.3, -0.25) is 0 Å². The molecule has 1 heterocycles. The highest BCUT2D eigenvalue weighted by Crippen LogP contribution is 2.26. The topological polar surface area (TPSA) is 60.1 Å². The number of hydrogen-bond acceptors (Lipinski definition) is 5. The predicted molar refractivity (Wildman–Crippen MR) is 76.8 cm³/mol. The quantitative estimate of drug-likeness (QED) is 0.893. The number of halogens is 1. The van der Waals surface area contributed by atoms with Gasteiger partial charge in [-0.2, -0.15) is 0 Å². The largest absolute Gasteiger partial charge is 0.494 e. The first kappa shape index (κ1) is 14.4. The average molecular weight is 281 g/mol. The van der Waals surface area contributed by atoms with Gasteiger partial charge in [-0.05, 0) is 26.0 Å². The minimum Gasteiger partial charge on any atom is -0.494 e. The maximum absolute atomic E-state index is 13.5. The van der Waals surface area contributed by atoms with Gasteiger partial charge in [0, 0.05) is 24.3 Å². The van der Waals surface area contributed by atoms with Crippen molar-refractivity contribution in [1.29, 1.82) is 0 Å². The van der Waals surface area contributed by atoms with Crippen molar-refractivity contribution in [3.8, 4) is 5.75 Å². The predicted octanol–water partition coefficient (Wildman–Crippen LogP) is 1.76. The van der Waals surface area contributed by atoms with Gasteiger partial charge in [0.25, 0.3) is 6.02 Å². The molecule has 2 rings (SSSR count). The molecule has 0 amide bonds. The molecule has 5 nitrogen and oxygen atoms in total. The minimum absolute atomic E-state index is 0.00607. The number of rotatable bonds is 5. The molecule has 0 aliphatic carbocycles. The Morgan fingerprint density at radius 3 is 2.85 bits per heavy atom. The third-order valence-electron chi connectivity index (χ3n) is 3.23. The van der Waals surface area contributed by atoms with E-state index in [-0.39, 0.29) is 29.7 Å². The summed E-state index contributed by atoms with van der Waals surface area (Å²) in [7, 11) is 1.46. The van der Waals surface area contributed by atoms with Gasteiger partial charge in [0.05, 0.1) is 7.11 Å². The summed E-state index contributed by atoms with van der Waals surface area (Å²) in [6.07, 6.45) is 0. The van der Waals surface area contributed by atoms with Gasteiger partial charge in [-0.15, -0.1) is 0 Å². The van der Waals surface area contributed by atoms with Crippen molar-refractivity contribution in [2.75, 3.05) is 25.2 Å². The van der Waals surface area contributed by atoms with Gasteiger partial charge in [0.1, 0.15) is 12.6 Å². The molecule has 110 valence electrons. The molecule has 1 aromatic rings. The molecule has 0 radical (unpaired) electrons. The number of amidine groups is 1. The fourth-order valence-electron chi connectivity index (χ4n) is 2.20. The second kappa shape index (κ2) is 5.98. The smallest absolute Gasteiger partial charge is 0.282 e. The minimum atomic E-state index is -0.369. The number of ether oxygens (including phenoxy) is 2. The number of anilines is 1. The third-order valence-corrected chi connectivity index (χ3v) is 3.23. The molecule has 20 heavy (non-hydrogen) atoms. The van der Waals surface area contributed by atoms with E-state index in [2.05, 4.69) is 23.7 Å². The first-order chi connectivity index (χ1) is 9.51. The molecule has 0 saturated carbocycles. The van der Waals surface area contributed by atoms with Crippen molar-refractivity contribution >= 4 is 11.7 Å². The van der Waals surface area contributed by atoms with Crippen LogP contribution in [0.5, 0.6) is 5.75 Å². The van der Waals surface area contributed by atoms with E-state index in [0.29, 0.717) is 13.2 Å². The third kappa shape index (κ3) is 3.12. The van der Waals surface area contributed by atoms with Crippen molar-refractivity contribution in [2.24, 2.45) is 10.7 Å². The van der Waals surface area contributed by atoms with Gasteiger partial charge < -0.3 is 20.1 Å². The van der Waals surface area contributed by atoms with Crippen LogP contribution in [0.4, 0.5) is 10.1 Å². The zero-order valence-electron chi connectivity index (χ0n) is 12.0. The van der Waals surface area contributed by atoms with E-state index in [0.717, 1.165) is 5.69 Å². The molecular weight excluding hydrogens is 261 g/mol. The lowest BCUT2D eigenvalue weighted by Gasteiger charge is -2.30. The lowest BCUT2D eigenvalue weighted by Crippen LogP contribution is -2.37. The Kier molecular flexibility index (Phi) is 4.32. The van der Waals surface area contributed by atoms with Gasteiger partial charge in [-0.1, -0.05) is 0 Å². The molecule has 0 bridgehead atoms. The Balaban J connectivity index is 2.20. The summed E-state index contributed by atoms with van der Waals surface area (Å²) in [5.74, 6) is -0.134. The highest BCUT2D eigenvalue weighted by Gasteiger charge is 2.22. The summed E-state index contributed by atoms with van der Waals surface area (Å²) in [6, 6.07) is 5.30. The van der Waals surface area contributed by atoms with Crippen molar-refractivity contribution in [3.05, 3.63) is 24.0 Å². The highest BCUT2D eigenvalue weighted by molar-refractivity contribution is 5.73. The SMILES string of the molecule is COc1cc(N(CC2COC(N)=N2)C(C)C)ccc1F. The second-order valence-electron chi connectivity index (χ2n) is 5.00. The van der Waals surface area contributed by atoms with E-state index in [1.54, 1.807) is 12.1 Å². The van der Waals surface area contributed by atoms with Crippen molar-refractivity contribution in [2.45, 2.75) is 25.9 Å². The molecule has 0 fully saturated rings. The molecule has 0 spiro atoms. The van der Waals surface area contributed by atoms with Crippen LogP contribution in [0.3, 0.4) is 0 Å². The lowest BCUT2D eigenvalue weighted by atomic mass is 10.2. The Labute approximate surface area is 118 Å². The standard InChI is InChI=1S/C14H20FN3O2/c1-9(2)18(7-10-8-20-14(16)17-10)11-4-5-12(15)13(6-11)19-3/h4-6,9-10H,7-8H2,1-3H3,(H2,16,17). The van der Waals surface area contributed by atoms with Crippen molar-refractivity contribution < 1.29 is 13.9 Å². The van der Waals surface area contributed by atoms with E-state index in [1.165, 1.54) is 13.2 Å². The van der Waals surface area contributed by atoms with Gasteiger partial charge in [0.15, 0.2) is 11.6 Å². The normalized spacial score (nSPS) is 17.9. The summed E-state index contributed by atoms with van der Waals surface area (Å²) in [4.78, 5) is 6.34. The number of nitrogens with zero attached hydrogens (tertiary/aromatic N) is 2. The van der Waals surface area contributed by atoms with E-state index in [9.17, 15) is 4.39 Å². The maximum atomic E-state index is 13.5. The summed E-state index contributed by atoms with van der Waals surface area (Å²) in [5.41, 5.74) is 6.41. The fraction of sp³-hybridized carbons (Fsp3) is 0.500. The molecule has 1 atom stereocenters. The van der Waals surface area contributed by atoms with Crippen LogP contribution in [0.25, 0.3) is 0 Å². The van der Waals surface area contributed by atoms with Crippen LogP contribution in [0.2, 0.25) is 0 Å². The first-order valence-electron chi connectivity index (χ1n) is 6.57. The highest BCUT2D eigenvalue weighted by atomic mass is 19.1. The molecular formula is C14H20FN3O2. The van der Waals surface area contributed by atoms with Crippen molar-refractivity contribution in [1.82, 2.24) is 0 Å². The second-order valence-corrected chi connectivity index (χ2v) is 5.00. The molecule has 2 N–H and O–H groups in total. The summed E-state index contributed by atoms with van der Waals surface area (Å²) < 4.78 is 23.7. The van der Waals surface area contributed by atoms with Crippen LogP contribution < -0.4 is 15.4 Å². The van der Waals surface area contributed by atoms with Crippen molar-refractivity contribution in [3.63, 3.8) is 0 Å². The van der Waals surface area contributed by atoms with E-state index >= 15 is 0 Å². The first-order valence-corrected chi connectivity index (χ1v) is 6.57. The van der Waals surface area contributed by atoms with Crippen LogP contribution in [0, 0.1) is 5.82 Å². The molecule has 6 heteroatoms. The lowest BCUT2D eigenvalue weighted by molar-refractivity contribution is 0.312.